The van der Waals surface area contributed by atoms with E-state index in [9.17, 15) is 30.2 Å². The summed E-state index contributed by atoms with van der Waals surface area (Å²) in [6.45, 7) is -0.498. The summed E-state index contributed by atoms with van der Waals surface area (Å²) in [5, 5.41) is -0.642. The van der Waals surface area contributed by atoms with Crippen LogP contribution >= 0.6 is 19.2 Å². The zero-order valence-electron chi connectivity index (χ0n) is 23.3. The van der Waals surface area contributed by atoms with E-state index >= 15 is 0 Å². The number of methoxy groups -OCH3 is 1. The van der Waals surface area contributed by atoms with Crippen LogP contribution in [0, 0.1) is 0 Å². The van der Waals surface area contributed by atoms with Gasteiger partial charge in [0.25, 0.3) is 0 Å². The minimum absolute atomic E-state index is 0.0834. The lowest BCUT2D eigenvalue weighted by atomic mass is 10.0. The van der Waals surface area contributed by atoms with E-state index in [-0.39, 0.29) is 34.2 Å². The molecule has 0 amide bonds. The van der Waals surface area contributed by atoms with E-state index in [0.29, 0.717) is 5.56 Å². The molecule has 0 aromatic heterocycles. The number of rotatable bonds is 11. The van der Waals surface area contributed by atoms with Gasteiger partial charge in [0.1, 0.15) is 10.6 Å². The lowest BCUT2D eigenvalue weighted by Gasteiger charge is -2.24. The first-order valence-corrected chi connectivity index (χ1v) is 18.0. The summed E-state index contributed by atoms with van der Waals surface area (Å²) >= 11 is 6.01. The molecule has 4 rings (SSSR count). The van der Waals surface area contributed by atoms with Crippen LogP contribution in [0.5, 0.6) is 5.75 Å². The summed E-state index contributed by atoms with van der Waals surface area (Å²) in [4.78, 5) is 18.2. The van der Waals surface area contributed by atoms with Gasteiger partial charge in [0.2, 0.25) is 10.0 Å². The van der Waals surface area contributed by atoms with Crippen molar-refractivity contribution in [3.8, 4) is 16.9 Å². The first-order chi connectivity index (χ1) is 20.4. The van der Waals surface area contributed by atoms with E-state index in [1.165, 1.54) is 37.4 Å². The summed E-state index contributed by atoms with van der Waals surface area (Å²) in [6, 6.07) is 22.1. The molecule has 0 spiro atoms. The Labute approximate surface area is 258 Å². The predicted molar refractivity (Wildman–Crippen MR) is 162 cm³/mol. The van der Waals surface area contributed by atoms with Crippen molar-refractivity contribution in [2.24, 2.45) is 0 Å². The largest absolute Gasteiger partial charge is 0.495 e. The van der Waals surface area contributed by atoms with Crippen molar-refractivity contribution in [3.05, 3.63) is 113 Å². The van der Waals surface area contributed by atoms with Crippen molar-refractivity contribution in [2.45, 2.75) is 28.5 Å². The third-order valence-electron chi connectivity index (χ3n) is 6.70. The van der Waals surface area contributed by atoms with E-state index in [1.54, 1.807) is 42.5 Å². The maximum atomic E-state index is 14.3. The Hall–Kier alpha value is -3.16. The number of benzene rings is 4. The van der Waals surface area contributed by atoms with Crippen molar-refractivity contribution < 1.29 is 44.7 Å². The fraction of sp³-hybridized carbons (Fsp3) is 0.172. The molecule has 0 saturated heterocycles. The molecule has 234 valence electrons. The third kappa shape index (κ3) is 7.21. The van der Waals surface area contributed by atoms with Gasteiger partial charge < -0.3 is 14.5 Å². The van der Waals surface area contributed by atoms with Gasteiger partial charge in [0, 0.05) is 19.3 Å². The van der Waals surface area contributed by atoms with Gasteiger partial charge in [-0.25, -0.2) is 16.8 Å². The zero-order valence-corrected chi connectivity index (χ0v) is 26.5. The Balaban J connectivity index is 1.69. The van der Waals surface area contributed by atoms with Gasteiger partial charge in [0.05, 0.1) is 22.6 Å². The molecule has 4 aromatic carbocycles. The van der Waals surface area contributed by atoms with Crippen LogP contribution in [0.4, 0.5) is 8.78 Å². The van der Waals surface area contributed by atoms with E-state index < -0.39 is 43.7 Å². The lowest BCUT2D eigenvalue weighted by molar-refractivity contribution is 0.0565. The molecule has 0 unspecified atom stereocenters. The average Bonchev–Trinajstić information content (AvgIpc) is 2.96. The SMILES string of the molecule is COc1ccccc1S(=O)(=O)N(Cc1ccc(-c2ccc(S(C)(=O)=O)cc2)cc1)Cc1ccc(C(F)(F)P(=O)(O)O)c(Cl)c1. The van der Waals surface area contributed by atoms with E-state index in [0.717, 1.165) is 39.9 Å². The van der Waals surface area contributed by atoms with Crippen molar-refractivity contribution in [2.75, 3.05) is 13.4 Å². The first-order valence-electron chi connectivity index (χ1n) is 12.7. The Morgan fingerprint density at radius 1 is 0.841 bits per heavy atom. The molecule has 0 heterocycles. The molecule has 0 aliphatic rings. The third-order valence-corrected chi connectivity index (χ3v) is 10.9. The van der Waals surface area contributed by atoms with Gasteiger partial charge in [-0.15, -0.1) is 0 Å². The van der Waals surface area contributed by atoms with Crippen LogP contribution in [0.1, 0.15) is 16.7 Å². The molecule has 0 bridgehead atoms. The van der Waals surface area contributed by atoms with Crippen LogP contribution in [0.3, 0.4) is 0 Å². The summed E-state index contributed by atoms with van der Waals surface area (Å²) in [5.74, 6) is 0.0834. The van der Waals surface area contributed by atoms with Gasteiger partial charge in [0.15, 0.2) is 9.84 Å². The normalized spacial score (nSPS) is 12.8. The highest BCUT2D eigenvalue weighted by molar-refractivity contribution is 7.90. The number of alkyl halides is 2. The fourth-order valence-corrected chi connectivity index (χ4v) is 7.46. The minimum atomic E-state index is -5.88. The quantitative estimate of drug-likeness (QED) is 0.182. The smallest absolute Gasteiger partial charge is 0.399 e. The molecule has 0 atom stereocenters. The molecule has 44 heavy (non-hydrogen) atoms. The van der Waals surface area contributed by atoms with Crippen LogP contribution in [-0.4, -0.2) is 44.3 Å². The molecule has 0 saturated carbocycles. The van der Waals surface area contributed by atoms with Crippen LogP contribution in [0.2, 0.25) is 5.02 Å². The van der Waals surface area contributed by atoms with Gasteiger partial charge in [-0.05, 0) is 52.6 Å². The van der Waals surface area contributed by atoms with Crippen molar-refractivity contribution >= 4 is 39.1 Å². The molecule has 15 heteroatoms. The maximum Gasteiger partial charge on any atom is 0.399 e. The molecule has 0 aliphatic heterocycles. The second kappa shape index (κ2) is 12.7. The molecule has 0 aliphatic carbocycles. The molecule has 2 N–H and O–H groups in total. The Morgan fingerprint density at radius 3 is 1.89 bits per heavy atom. The Morgan fingerprint density at radius 2 is 1.36 bits per heavy atom. The summed E-state index contributed by atoms with van der Waals surface area (Å²) < 4.78 is 97.7. The zero-order chi connectivity index (χ0) is 32.5. The number of hydrogen-bond donors (Lipinski definition) is 2. The van der Waals surface area contributed by atoms with Crippen molar-refractivity contribution in [3.63, 3.8) is 0 Å². The minimum Gasteiger partial charge on any atom is -0.495 e. The molecule has 9 nitrogen and oxygen atoms in total. The number of sulfone groups is 1. The molecule has 4 aromatic rings. The maximum absolute atomic E-state index is 14.3. The predicted octanol–water partition coefficient (Wildman–Crippen LogP) is 6.04. The van der Waals surface area contributed by atoms with E-state index in [1.807, 2.05) is 0 Å². The highest BCUT2D eigenvalue weighted by Gasteiger charge is 2.51. The van der Waals surface area contributed by atoms with Crippen molar-refractivity contribution in [1.29, 1.82) is 0 Å². The topological polar surface area (TPSA) is 138 Å². The molecular weight excluding hydrogens is 659 g/mol. The summed E-state index contributed by atoms with van der Waals surface area (Å²) in [5.41, 5.74) is -3.39. The summed E-state index contributed by atoms with van der Waals surface area (Å²) in [7, 11) is -12.2. The van der Waals surface area contributed by atoms with Crippen LogP contribution in [0.15, 0.2) is 101 Å². The van der Waals surface area contributed by atoms with Crippen LogP contribution < -0.4 is 4.74 Å². The number of sulfonamides is 1. The Kier molecular flexibility index (Phi) is 9.72. The Bertz CT molecular complexity index is 1930. The first kappa shape index (κ1) is 33.7. The van der Waals surface area contributed by atoms with Crippen LogP contribution in [0.25, 0.3) is 11.1 Å². The monoisotopic (exact) mass is 685 g/mol. The average molecular weight is 686 g/mol. The van der Waals surface area contributed by atoms with Gasteiger partial charge in [-0.3, -0.25) is 4.57 Å². The molecular formula is C29H27ClF2NO8PS2. The fourth-order valence-electron chi connectivity index (χ4n) is 4.36. The van der Waals surface area contributed by atoms with E-state index in [4.69, 9.17) is 26.1 Å². The van der Waals surface area contributed by atoms with E-state index in [2.05, 4.69) is 0 Å². The van der Waals surface area contributed by atoms with Crippen LogP contribution in [-0.2, 0) is 43.2 Å². The second-order valence-electron chi connectivity index (χ2n) is 9.82. The van der Waals surface area contributed by atoms with Gasteiger partial charge in [-0.2, -0.15) is 13.1 Å². The summed E-state index contributed by atoms with van der Waals surface area (Å²) in [6.07, 6.45) is 1.11. The highest BCUT2D eigenvalue weighted by Crippen LogP contribution is 2.60. The molecule has 0 fully saturated rings. The number of halogens is 3. The standard InChI is InChI=1S/C29H27ClF2NO8PS2/c1-41-27-5-3-4-6-28(27)44(39,40)33(19-21-9-16-25(26(30)17-21)29(31,32)42(34,35)36)18-20-7-10-22(11-8-20)23-12-14-24(15-13-23)43(2,37)38/h3-17H,18-19H2,1-2H3,(H2,34,35,36). The van der Waals surface area contributed by atoms with Crippen molar-refractivity contribution in [1.82, 2.24) is 4.31 Å². The second-order valence-corrected chi connectivity index (χ2v) is 15.8. The number of hydrogen-bond acceptors (Lipinski definition) is 6. The molecule has 0 radical (unpaired) electrons. The number of ether oxygens (including phenoxy) is 1. The van der Waals surface area contributed by atoms with Gasteiger partial charge >= 0.3 is 13.3 Å². The van der Waals surface area contributed by atoms with Gasteiger partial charge in [-0.1, -0.05) is 72.3 Å². The lowest BCUT2D eigenvalue weighted by Crippen LogP contribution is -2.30. The number of para-hydroxylation sites is 1. The number of nitrogens with zero attached hydrogens (tertiary/aromatic N) is 1. The highest BCUT2D eigenvalue weighted by atomic mass is 35.5.